The van der Waals surface area contributed by atoms with Gasteiger partial charge in [0, 0.05) is 17.1 Å². The molecule has 1 aromatic rings. The van der Waals surface area contributed by atoms with Crippen LogP contribution in [-0.4, -0.2) is 29.0 Å². The minimum Gasteiger partial charge on any atom is -0.326 e. The molecular weight excluding hydrogens is 206 g/mol. The first kappa shape index (κ1) is 11.0. The number of nitrogens with two attached hydrogens (primary N) is 1. The van der Waals surface area contributed by atoms with Gasteiger partial charge in [0.1, 0.15) is 0 Å². The molecule has 2 unspecified atom stereocenters. The van der Waals surface area contributed by atoms with Crippen LogP contribution in [0.5, 0.6) is 0 Å². The van der Waals surface area contributed by atoms with Crippen LogP contribution >= 0.6 is 11.3 Å². The van der Waals surface area contributed by atoms with Crippen molar-refractivity contribution in [2.45, 2.75) is 38.3 Å². The molecule has 1 fully saturated rings. The van der Waals surface area contributed by atoms with Crippen molar-refractivity contribution in [3.63, 3.8) is 0 Å². The zero-order valence-corrected chi connectivity index (χ0v) is 10.0. The van der Waals surface area contributed by atoms with Crippen molar-refractivity contribution in [3.05, 3.63) is 16.6 Å². The molecule has 0 bridgehead atoms. The second-order valence-electron chi connectivity index (χ2n) is 4.19. The van der Waals surface area contributed by atoms with Gasteiger partial charge in [-0.1, -0.05) is 6.92 Å². The molecule has 1 aliphatic heterocycles. The number of piperidine rings is 1. The maximum absolute atomic E-state index is 6.23. The number of hydrogen-bond acceptors (Lipinski definition) is 4. The minimum absolute atomic E-state index is 0.283. The Morgan fingerprint density at radius 2 is 2.53 bits per heavy atom. The fraction of sp³-hybridized carbons (Fsp3) is 0.727. The highest BCUT2D eigenvalue weighted by molar-refractivity contribution is 7.09. The second-order valence-corrected chi connectivity index (χ2v) is 5.11. The molecular formula is C11H19N3S. The van der Waals surface area contributed by atoms with Gasteiger partial charge in [0.05, 0.1) is 11.6 Å². The number of rotatable bonds is 3. The van der Waals surface area contributed by atoms with Crippen molar-refractivity contribution in [2.75, 3.05) is 13.1 Å². The molecule has 1 aliphatic rings. The van der Waals surface area contributed by atoms with Gasteiger partial charge in [-0.05, 0) is 32.4 Å². The highest BCUT2D eigenvalue weighted by Gasteiger charge is 2.30. The Kier molecular flexibility index (Phi) is 3.72. The summed E-state index contributed by atoms with van der Waals surface area (Å²) in [6, 6.07) is 0.692. The Bertz CT molecular complexity index is 284. The van der Waals surface area contributed by atoms with Crippen molar-refractivity contribution in [3.8, 4) is 0 Å². The molecule has 0 aromatic carbocycles. The van der Waals surface area contributed by atoms with Crippen LogP contribution in [0.4, 0.5) is 0 Å². The summed E-state index contributed by atoms with van der Waals surface area (Å²) in [5.41, 5.74) is 8.13. The van der Waals surface area contributed by atoms with Crippen LogP contribution < -0.4 is 5.73 Å². The van der Waals surface area contributed by atoms with Gasteiger partial charge >= 0.3 is 0 Å². The van der Waals surface area contributed by atoms with Crippen LogP contribution in [0.25, 0.3) is 0 Å². The third kappa shape index (κ3) is 2.38. The summed E-state index contributed by atoms with van der Waals surface area (Å²) >= 11 is 1.73. The summed E-state index contributed by atoms with van der Waals surface area (Å²) in [5, 5.41) is 0. The Balaban J connectivity index is 2.15. The van der Waals surface area contributed by atoms with Crippen LogP contribution in [0.2, 0.25) is 0 Å². The van der Waals surface area contributed by atoms with E-state index in [1.54, 1.807) is 11.3 Å². The van der Waals surface area contributed by atoms with Crippen molar-refractivity contribution in [1.29, 1.82) is 0 Å². The van der Waals surface area contributed by atoms with E-state index >= 15 is 0 Å². The monoisotopic (exact) mass is 225 g/mol. The van der Waals surface area contributed by atoms with Gasteiger partial charge in [-0.15, -0.1) is 11.3 Å². The lowest BCUT2D eigenvalue weighted by molar-refractivity contribution is 0.131. The van der Waals surface area contributed by atoms with Crippen LogP contribution in [0.15, 0.2) is 11.7 Å². The molecule has 84 valence electrons. The zero-order chi connectivity index (χ0) is 10.7. The normalized spacial score (nSPS) is 28.1. The van der Waals surface area contributed by atoms with Crippen LogP contribution in [-0.2, 0) is 0 Å². The van der Waals surface area contributed by atoms with Gasteiger partial charge < -0.3 is 5.73 Å². The van der Waals surface area contributed by atoms with Gasteiger partial charge in [0.2, 0.25) is 0 Å². The summed E-state index contributed by atoms with van der Waals surface area (Å²) in [4.78, 5) is 8.01. The summed E-state index contributed by atoms with van der Waals surface area (Å²) in [6.45, 7) is 4.56. The van der Waals surface area contributed by atoms with E-state index in [-0.39, 0.29) is 6.04 Å². The van der Waals surface area contributed by atoms with Crippen molar-refractivity contribution < 1.29 is 0 Å². The van der Waals surface area contributed by atoms with E-state index in [1.165, 1.54) is 24.3 Å². The summed E-state index contributed by atoms with van der Waals surface area (Å²) in [7, 11) is 0. The lowest BCUT2D eigenvalue weighted by atomic mass is 9.96. The highest BCUT2D eigenvalue weighted by atomic mass is 32.1. The molecule has 15 heavy (non-hydrogen) atoms. The maximum Gasteiger partial charge on any atom is 0.0794 e. The Labute approximate surface area is 95.3 Å². The van der Waals surface area contributed by atoms with E-state index in [4.69, 9.17) is 5.73 Å². The third-order valence-electron chi connectivity index (χ3n) is 3.04. The van der Waals surface area contributed by atoms with E-state index in [0.29, 0.717) is 6.04 Å². The topological polar surface area (TPSA) is 42.1 Å². The third-order valence-corrected chi connectivity index (χ3v) is 3.88. The summed E-state index contributed by atoms with van der Waals surface area (Å²) in [6.07, 6.45) is 5.55. The van der Waals surface area contributed by atoms with E-state index in [0.717, 1.165) is 13.0 Å². The number of thiazole rings is 1. The highest BCUT2D eigenvalue weighted by Crippen LogP contribution is 2.31. The predicted molar refractivity (Wildman–Crippen MR) is 63.9 cm³/mol. The Morgan fingerprint density at radius 1 is 1.67 bits per heavy atom. The van der Waals surface area contributed by atoms with Gasteiger partial charge in [0.15, 0.2) is 0 Å². The lowest BCUT2D eigenvalue weighted by Gasteiger charge is -2.39. The Morgan fingerprint density at radius 3 is 3.20 bits per heavy atom. The van der Waals surface area contributed by atoms with Crippen molar-refractivity contribution >= 4 is 11.3 Å². The second kappa shape index (κ2) is 5.05. The minimum atomic E-state index is 0.283. The molecule has 2 rings (SSSR count). The molecule has 2 atom stereocenters. The molecule has 0 amide bonds. The van der Waals surface area contributed by atoms with Gasteiger partial charge in [-0.3, -0.25) is 9.88 Å². The molecule has 2 N–H and O–H groups in total. The molecule has 3 nitrogen and oxygen atoms in total. The van der Waals surface area contributed by atoms with Crippen LogP contribution in [0.1, 0.15) is 37.1 Å². The smallest absolute Gasteiger partial charge is 0.0794 e. The molecule has 4 heteroatoms. The van der Waals surface area contributed by atoms with Crippen molar-refractivity contribution in [2.24, 2.45) is 5.73 Å². The molecule has 1 aromatic heterocycles. The van der Waals surface area contributed by atoms with Gasteiger partial charge in [0.25, 0.3) is 0 Å². The molecule has 1 saturated heterocycles. The SMILES string of the molecule is CCCN1CCCC(N)C1c1cncs1. The summed E-state index contributed by atoms with van der Waals surface area (Å²) < 4.78 is 0. The van der Waals surface area contributed by atoms with Crippen LogP contribution in [0.3, 0.4) is 0 Å². The maximum atomic E-state index is 6.23. The number of likely N-dealkylation sites (tertiary alicyclic amines) is 1. The van der Waals surface area contributed by atoms with E-state index in [2.05, 4.69) is 16.8 Å². The predicted octanol–water partition coefficient (Wildman–Crippen LogP) is 2.02. The first-order chi connectivity index (χ1) is 7.33. The quantitative estimate of drug-likeness (QED) is 0.855. The van der Waals surface area contributed by atoms with E-state index in [1.807, 2.05) is 11.7 Å². The zero-order valence-electron chi connectivity index (χ0n) is 9.22. The number of nitrogens with zero attached hydrogens (tertiary/aromatic N) is 2. The fourth-order valence-corrected chi connectivity index (χ4v) is 3.23. The first-order valence-corrected chi connectivity index (χ1v) is 6.59. The van der Waals surface area contributed by atoms with Gasteiger partial charge in [-0.25, -0.2) is 0 Å². The van der Waals surface area contributed by atoms with E-state index < -0.39 is 0 Å². The number of hydrogen-bond donors (Lipinski definition) is 1. The lowest BCUT2D eigenvalue weighted by Crippen LogP contribution is -2.45. The van der Waals surface area contributed by atoms with E-state index in [9.17, 15) is 0 Å². The molecule has 0 radical (unpaired) electrons. The molecule has 0 aliphatic carbocycles. The average molecular weight is 225 g/mol. The first-order valence-electron chi connectivity index (χ1n) is 5.71. The summed E-state index contributed by atoms with van der Waals surface area (Å²) in [5.74, 6) is 0. The van der Waals surface area contributed by atoms with Crippen molar-refractivity contribution in [1.82, 2.24) is 9.88 Å². The van der Waals surface area contributed by atoms with Gasteiger partial charge in [-0.2, -0.15) is 0 Å². The number of aromatic nitrogens is 1. The standard InChI is InChI=1S/C11H19N3S/c1-2-5-14-6-3-4-9(12)11(14)10-7-13-8-15-10/h7-9,11H,2-6,12H2,1H3. The Hall–Kier alpha value is -0.450. The fourth-order valence-electron chi connectivity index (χ4n) is 2.40. The van der Waals surface area contributed by atoms with Crippen LogP contribution in [0, 0.1) is 0 Å². The molecule has 0 spiro atoms. The largest absolute Gasteiger partial charge is 0.326 e. The molecule has 2 heterocycles. The average Bonchev–Trinajstić information content (AvgIpc) is 2.71. The molecule has 0 saturated carbocycles.